The molecule has 0 bridgehead atoms. The number of anilines is 1. The quantitative estimate of drug-likeness (QED) is 0.703. The van der Waals surface area contributed by atoms with Crippen molar-refractivity contribution in [2.75, 3.05) is 18.9 Å². The summed E-state index contributed by atoms with van der Waals surface area (Å²) in [5, 5.41) is 11.6. The lowest BCUT2D eigenvalue weighted by Gasteiger charge is -2.18. The molecule has 0 unspecified atom stereocenters. The van der Waals surface area contributed by atoms with Gasteiger partial charge in [0.25, 0.3) is 0 Å². The molecule has 0 fully saturated rings. The minimum absolute atomic E-state index is 0.107. The van der Waals surface area contributed by atoms with E-state index in [1.807, 2.05) is 30.7 Å². The molecule has 2 aromatic carbocycles. The number of benzene rings is 2. The van der Waals surface area contributed by atoms with Crippen molar-refractivity contribution in [3.63, 3.8) is 0 Å². The number of halogens is 1. The van der Waals surface area contributed by atoms with Crippen LogP contribution in [0.3, 0.4) is 0 Å². The van der Waals surface area contributed by atoms with Crippen LogP contribution in [0.5, 0.6) is 0 Å². The first kappa shape index (κ1) is 19.3. The summed E-state index contributed by atoms with van der Waals surface area (Å²) in [6, 6.07) is 9.60. The number of fused-ring (bicyclic) bond motifs is 1. The number of aryl methyl sites for hydroxylation is 2. The molecule has 0 atom stereocenters. The summed E-state index contributed by atoms with van der Waals surface area (Å²) < 4.78 is 15.4. The molecule has 0 aliphatic heterocycles. The smallest absolute Gasteiger partial charge is 0.321 e. The van der Waals surface area contributed by atoms with Crippen LogP contribution in [0.1, 0.15) is 12.0 Å². The maximum Gasteiger partial charge on any atom is 0.321 e. The summed E-state index contributed by atoms with van der Waals surface area (Å²) in [6.45, 7) is 1.97. The van der Waals surface area contributed by atoms with Crippen molar-refractivity contribution in [1.82, 2.24) is 14.5 Å². The fourth-order valence-corrected chi connectivity index (χ4v) is 2.90. The van der Waals surface area contributed by atoms with Crippen molar-refractivity contribution in [2.24, 2.45) is 7.05 Å². The minimum Gasteiger partial charge on any atom is -0.481 e. The lowest BCUT2D eigenvalue weighted by molar-refractivity contribution is -0.137. The summed E-state index contributed by atoms with van der Waals surface area (Å²) in [5.41, 5.74) is 3.58. The number of carbonyl (C=O) groups excluding carboxylic acids is 1. The molecule has 2 amide bonds. The molecule has 0 aliphatic carbocycles. The highest BCUT2D eigenvalue weighted by molar-refractivity contribution is 5.91. The molecule has 2 N–H and O–H groups in total. The van der Waals surface area contributed by atoms with Gasteiger partial charge in [0.15, 0.2) is 0 Å². The number of nitrogens with one attached hydrogen (secondary N) is 1. The standard InChI is InChI=1S/C20H21FN4O3/c1-12-4-5-13(10-15(12)23-20(28)24(2)9-8-18(26)27)19-22-16-11-14(21)6-7-17(16)25(19)3/h4-7,10-11H,8-9H2,1-3H3,(H,23,28)(H,26,27). The predicted molar refractivity (Wildman–Crippen MR) is 105 cm³/mol. The number of aromatic nitrogens is 2. The van der Waals surface area contributed by atoms with Gasteiger partial charge in [0.2, 0.25) is 0 Å². The van der Waals surface area contributed by atoms with E-state index in [2.05, 4.69) is 10.3 Å². The summed E-state index contributed by atoms with van der Waals surface area (Å²) in [4.78, 5) is 28.8. The van der Waals surface area contributed by atoms with Crippen molar-refractivity contribution in [3.05, 3.63) is 47.8 Å². The van der Waals surface area contributed by atoms with Crippen molar-refractivity contribution >= 4 is 28.7 Å². The highest BCUT2D eigenvalue weighted by Gasteiger charge is 2.15. The predicted octanol–water partition coefficient (Wildman–Crippen LogP) is 3.63. The molecule has 1 aromatic heterocycles. The second-order valence-electron chi connectivity index (χ2n) is 6.65. The van der Waals surface area contributed by atoms with E-state index in [9.17, 15) is 14.0 Å². The first-order valence-corrected chi connectivity index (χ1v) is 8.73. The second-order valence-corrected chi connectivity index (χ2v) is 6.65. The van der Waals surface area contributed by atoms with Crippen LogP contribution in [0.15, 0.2) is 36.4 Å². The van der Waals surface area contributed by atoms with Crippen LogP contribution in [0.4, 0.5) is 14.9 Å². The monoisotopic (exact) mass is 384 g/mol. The Bertz CT molecular complexity index is 1060. The number of nitrogens with zero attached hydrogens (tertiary/aromatic N) is 3. The van der Waals surface area contributed by atoms with E-state index in [0.29, 0.717) is 17.0 Å². The summed E-state index contributed by atoms with van der Waals surface area (Å²) >= 11 is 0. The maximum absolute atomic E-state index is 13.5. The lowest BCUT2D eigenvalue weighted by atomic mass is 10.1. The molecule has 28 heavy (non-hydrogen) atoms. The van der Waals surface area contributed by atoms with Crippen LogP contribution in [0.25, 0.3) is 22.4 Å². The molecule has 0 radical (unpaired) electrons. The van der Waals surface area contributed by atoms with Crippen molar-refractivity contribution < 1.29 is 19.1 Å². The molecular weight excluding hydrogens is 363 g/mol. The third-order valence-electron chi connectivity index (χ3n) is 4.59. The number of aliphatic carboxylic acids is 1. The lowest BCUT2D eigenvalue weighted by Crippen LogP contribution is -2.33. The third-order valence-corrected chi connectivity index (χ3v) is 4.59. The van der Waals surface area contributed by atoms with Crippen molar-refractivity contribution in [3.8, 4) is 11.4 Å². The molecule has 1 heterocycles. The van der Waals surface area contributed by atoms with Crippen LogP contribution in [-0.4, -0.2) is 45.2 Å². The zero-order chi connectivity index (χ0) is 20.4. The van der Waals surface area contributed by atoms with E-state index >= 15 is 0 Å². The molecule has 7 nitrogen and oxygen atoms in total. The van der Waals surface area contributed by atoms with Gasteiger partial charge in [-0.15, -0.1) is 0 Å². The molecule has 0 spiro atoms. The summed E-state index contributed by atoms with van der Waals surface area (Å²) in [7, 11) is 3.39. The fraction of sp³-hybridized carbons (Fsp3) is 0.250. The zero-order valence-corrected chi connectivity index (χ0v) is 15.9. The van der Waals surface area contributed by atoms with Gasteiger partial charge in [-0.2, -0.15) is 0 Å². The van der Waals surface area contributed by atoms with Crippen LogP contribution < -0.4 is 5.32 Å². The van der Waals surface area contributed by atoms with Crippen LogP contribution >= 0.6 is 0 Å². The number of imidazole rings is 1. The number of carboxylic acid groups (broad SMARTS) is 1. The van der Waals surface area contributed by atoms with Gasteiger partial charge >= 0.3 is 12.0 Å². The van der Waals surface area contributed by atoms with Gasteiger partial charge in [0.05, 0.1) is 17.5 Å². The van der Waals surface area contributed by atoms with Crippen molar-refractivity contribution in [2.45, 2.75) is 13.3 Å². The van der Waals surface area contributed by atoms with Gasteiger partial charge < -0.3 is 19.9 Å². The first-order valence-electron chi connectivity index (χ1n) is 8.73. The number of hydrogen-bond acceptors (Lipinski definition) is 3. The average Bonchev–Trinajstić information content (AvgIpc) is 2.97. The summed E-state index contributed by atoms with van der Waals surface area (Å²) in [5.74, 6) is -0.662. The van der Waals surface area contributed by atoms with E-state index in [1.165, 1.54) is 24.1 Å². The number of amides is 2. The minimum atomic E-state index is -0.962. The molecule has 0 saturated heterocycles. The van der Waals surface area contributed by atoms with Crippen LogP contribution in [0, 0.1) is 12.7 Å². The molecule has 146 valence electrons. The second kappa shape index (κ2) is 7.67. The normalized spacial score (nSPS) is 10.9. The molecule has 3 aromatic rings. The Labute approximate surface area is 161 Å². The highest BCUT2D eigenvalue weighted by atomic mass is 19.1. The Morgan fingerprint density at radius 3 is 2.71 bits per heavy atom. The molecular formula is C20H21FN4O3. The Hall–Kier alpha value is -3.42. The van der Waals surface area contributed by atoms with E-state index in [4.69, 9.17) is 5.11 Å². The van der Waals surface area contributed by atoms with E-state index in [0.717, 1.165) is 16.6 Å². The Balaban J connectivity index is 1.89. The largest absolute Gasteiger partial charge is 0.481 e. The van der Waals surface area contributed by atoms with Gasteiger partial charge in [0, 0.05) is 38.0 Å². The van der Waals surface area contributed by atoms with E-state index in [-0.39, 0.29) is 18.8 Å². The maximum atomic E-state index is 13.5. The van der Waals surface area contributed by atoms with E-state index in [1.54, 1.807) is 12.1 Å². The molecule has 0 aliphatic rings. The fourth-order valence-electron chi connectivity index (χ4n) is 2.90. The Morgan fingerprint density at radius 2 is 2.00 bits per heavy atom. The molecule has 3 rings (SSSR count). The number of hydrogen-bond donors (Lipinski definition) is 2. The zero-order valence-electron chi connectivity index (χ0n) is 15.9. The van der Waals surface area contributed by atoms with Gasteiger partial charge in [-0.05, 0) is 30.7 Å². The number of rotatable bonds is 5. The third kappa shape index (κ3) is 3.95. The van der Waals surface area contributed by atoms with Gasteiger partial charge in [-0.1, -0.05) is 12.1 Å². The van der Waals surface area contributed by atoms with E-state index < -0.39 is 12.0 Å². The topological polar surface area (TPSA) is 87.5 Å². The molecule has 0 saturated carbocycles. The average molecular weight is 384 g/mol. The van der Waals surface area contributed by atoms with Crippen LogP contribution in [-0.2, 0) is 11.8 Å². The first-order chi connectivity index (χ1) is 13.3. The van der Waals surface area contributed by atoms with Crippen molar-refractivity contribution in [1.29, 1.82) is 0 Å². The van der Waals surface area contributed by atoms with Gasteiger partial charge in [0.1, 0.15) is 11.6 Å². The summed E-state index contributed by atoms with van der Waals surface area (Å²) in [6.07, 6.45) is -0.126. The number of urea groups is 1. The highest BCUT2D eigenvalue weighted by Crippen LogP contribution is 2.28. The number of carboxylic acids is 1. The van der Waals surface area contributed by atoms with Crippen LogP contribution in [0.2, 0.25) is 0 Å². The Morgan fingerprint density at radius 1 is 1.25 bits per heavy atom. The van der Waals surface area contributed by atoms with Gasteiger partial charge in [-0.3, -0.25) is 4.79 Å². The van der Waals surface area contributed by atoms with Gasteiger partial charge in [-0.25, -0.2) is 14.2 Å². The Kier molecular flexibility index (Phi) is 5.30. The number of carbonyl (C=O) groups is 2. The SMILES string of the molecule is Cc1ccc(-c2nc3cc(F)ccc3n2C)cc1NC(=O)N(C)CCC(=O)O. The molecule has 8 heteroatoms.